The van der Waals surface area contributed by atoms with Gasteiger partial charge in [-0.05, 0) is 18.6 Å². The van der Waals surface area contributed by atoms with Crippen LogP contribution in [0, 0.1) is 12.7 Å². The van der Waals surface area contributed by atoms with Crippen LogP contribution in [0.2, 0.25) is 0 Å². The molecule has 1 aromatic carbocycles. The zero-order valence-corrected chi connectivity index (χ0v) is 6.56. The van der Waals surface area contributed by atoms with E-state index in [9.17, 15) is 4.39 Å². The lowest BCUT2D eigenvalue weighted by molar-refractivity contribution is 0.635. The number of halogens is 1. The van der Waals surface area contributed by atoms with Crippen molar-refractivity contribution in [2.75, 3.05) is 5.73 Å². The standard InChI is InChI=1S/C8H8FN3/c1-4-2-6(9)8-5(7(4)10)3-11-12-8/h2-3H,10H2,1H3,(H,11,12). The van der Waals surface area contributed by atoms with Crippen LogP contribution in [0.5, 0.6) is 0 Å². The number of hydrogen-bond donors (Lipinski definition) is 2. The highest BCUT2D eigenvalue weighted by Crippen LogP contribution is 2.24. The van der Waals surface area contributed by atoms with Crippen molar-refractivity contribution in [3.05, 3.63) is 23.6 Å². The summed E-state index contributed by atoms with van der Waals surface area (Å²) in [6.45, 7) is 1.77. The summed E-state index contributed by atoms with van der Waals surface area (Å²) in [7, 11) is 0. The van der Waals surface area contributed by atoms with Crippen LogP contribution in [-0.4, -0.2) is 10.2 Å². The molecule has 0 saturated carbocycles. The number of aromatic amines is 1. The van der Waals surface area contributed by atoms with Gasteiger partial charge in [0.15, 0.2) is 0 Å². The van der Waals surface area contributed by atoms with Crippen LogP contribution in [0.4, 0.5) is 10.1 Å². The molecule has 12 heavy (non-hydrogen) atoms. The highest BCUT2D eigenvalue weighted by molar-refractivity contribution is 5.91. The van der Waals surface area contributed by atoms with Gasteiger partial charge in [0.05, 0.1) is 6.20 Å². The number of anilines is 1. The fraction of sp³-hybridized carbons (Fsp3) is 0.125. The molecule has 2 aromatic rings. The van der Waals surface area contributed by atoms with E-state index in [2.05, 4.69) is 10.2 Å². The Bertz CT molecular complexity index is 433. The molecular weight excluding hydrogens is 157 g/mol. The minimum absolute atomic E-state index is 0.311. The number of hydrogen-bond acceptors (Lipinski definition) is 2. The maximum absolute atomic E-state index is 13.1. The summed E-state index contributed by atoms with van der Waals surface area (Å²) in [6, 6.07) is 1.40. The molecule has 0 radical (unpaired) electrons. The molecule has 0 aliphatic rings. The van der Waals surface area contributed by atoms with Crippen molar-refractivity contribution in [3.8, 4) is 0 Å². The lowest BCUT2D eigenvalue weighted by atomic mass is 10.1. The molecule has 0 spiro atoms. The lowest BCUT2D eigenvalue weighted by Crippen LogP contribution is -1.92. The minimum atomic E-state index is -0.311. The van der Waals surface area contributed by atoms with E-state index in [4.69, 9.17) is 5.73 Å². The van der Waals surface area contributed by atoms with Gasteiger partial charge in [-0.1, -0.05) is 0 Å². The van der Waals surface area contributed by atoms with Crippen LogP contribution in [0.25, 0.3) is 10.9 Å². The van der Waals surface area contributed by atoms with Gasteiger partial charge in [0, 0.05) is 11.1 Å². The van der Waals surface area contributed by atoms with Crippen LogP contribution < -0.4 is 5.73 Å². The molecule has 0 aliphatic carbocycles. The Balaban J connectivity index is 2.97. The van der Waals surface area contributed by atoms with Crippen molar-refractivity contribution in [1.29, 1.82) is 0 Å². The van der Waals surface area contributed by atoms with Gasteiger partial charge in [0.1, 0.15) is 11.3 Å². The number of nitrogens with zero attached hydrogens (tertiary/aromatic N) is 1. The van der Waals surface area contributed by atoms with Crippen LogP contribution >= 0.6 is 0 Å². The molecule has 0 aliphatic heterocycles. The molecular formula is C8H8FN3. The molecule has 3 N–H and O–H groups in total. The maximum Gasteiger partial charge on any atom is 0.149 e. The molecule has 1 aromatic heterocycles. The van der Waals surface area contributed by atoms with E-state index in [0.29, 0.717) is 16.6 Å². The molecule has 3 nitrogen and oxygen atoms in total. The van der Waals surface area contributed by atoms with Crippen LogP contribution in [-0.2, 0) is 0 Å². The normalized spacial score (nSPS) is 10.8. The average Bonchev–Trinajstić information content (AvgIpc) is 2.48. The number of H-pyrrole nitrogens is 1. The SMILES string of the molecule is Cc1cc(F)c2[nH]ncc2c1N. The predicted molar refractivity (Wildman–Crippen MR) is 45.2 cm³/mol. The van der Waals surface area contributed by atoms with E-state index in [1.165, 1.54) is 12.3 Å². The second-order valence-corrected chi connectivity index (χ2v) is 2.75. The molecule has 4 heteroatoms. The summed E-state index contributed by atoms with van der Waals surface area (Å²) in [4.78, 5) is 0. The topological polar surface area (TPSA) is 54.7 Å². The van der Waals surface area contributed by atoms with Crippen LogP contribution in [0.3, 0.4) is 0 Å². The van der Waals surface area contributed by atoms with Crippen LogP contribution in [0.1, 0.15) is 5.56 Å². The first-order valence-corrected chi connectivity index (χ1v) is 3.58. The Labute approximate surface area is 68.4 Å². The minimum Gasteiger partial charge on any atom is -0.398 e. The Hall–Kier alpha value is -1.58. The Morgan fingerprint density at radius 3 is 3.08 bits per heavy atom. The maximum atomic E-state index is 13.1. The summed E-state index contributed by atoms with van der Waals surface area (Å²) in [5, 5.41) is 6.92. The molecule has 0 bridgehead atoms. The van der Waals surface area contributed by atoms with Gasteiger partial charge in [-0.25, -0.2) is 4.39 Å². The lowest BCUT2D eigenvalue weighted by Gasteiger charge is -2.00. The number of aryl methyl sites for hydroxylation is 1. The van der Waals surface area contributed by atoms with Gasteiger partial charge in [0.2, 0.25) is 0 Å². The number of aromatic nitrogens is 2. The zero-order chi connectivity index (χ0) is 8.72. The van der Waals surface area contributed by atoms with Gasteiger partial charge in [-0.15, -0.1) is 0 Å². The number of nitrogens with two attached hydrogens (primary N) is 1. The van der Waals surface area contributed by atoms with E-state index >= 15 is 0 Å². The van der Waals surface area contributed by atoms with Crippen molar-refractivity contribution in [3.63, 3.8) is 0 Å². The summed E-state index contributed by atoms with van der Waals surface area (Å²) >= 11 is 0. The van der Waals surface area contributed by atoms with Crippen molar-refractivity contribution in [1.82, 2.24) is 10.2 Å². The van der Waals surface area contributed by atoms with E-state index in [0.717, 1.165) is 5.56 Å². The van der Waals surface area contributed by atoms with E-state index in [-0.39, 0.29) is 5.82 Å². The van der Waals surface area contributed by atoms with Gasteiger partial charge >= 0.3 is 0 Å². The van der Waals surface area contributed by atoms with Crippen molar-refractivity contribution < 1.29 is 4.39 Å². The molecule has 0 atom stereocenters. The smallest absolute Gasteiger partial charge is 0.149 e. The number of fused-ring (bicyclic) bond motifs is 1. The third-order valence-corrected chi connectivity index (χ3v) is 1.94. The number of rotatable bonds is 0. The van der Waals surface area contributed by atoms with Gasteiger partial charge < -0.3 is 5.73 Å². The first-order valence-electron chi connectivity index (χ1n) is 3.58. The Morgan fingerprint density at radius 1 is 1.58 bits per heavy atom. The van der Waals surface area contributed by atoms with Gasteiger partial charge in [0.25, 0.3) is 0 Å². The second-order valence-electron chi connectivity index (χ2n) is 2.75. The van der Waals surface area contributed by atoms with Gasteiger partial charge in [-0.3, -0.25) is 5.10 Å². The van der Waals surface area contributed by atoms with E-state index < -0.39 is 0 Å². The number of nitrogens with one attached hydrogen (secondary N) is 1. The molecule has 0 fully saturated rings. The molecule has 1 heterocycles. The highest BCUT2D eigenvalue weighted by atomic mass is 19.1. The zero-order valence-electron chi connectivity index (χ0n) is 6.56. The molecule has 0 unspecified atom stereocenters. The summed E-state index contributed by atoms with van der Waals surface area (Å²) < 4.78 is 13.1. The van der Waals surface area contributed by atoms with Crippen molar-refractivity contribution in [2.24, 2.45) is 0 Å². The van der Waals surface area contributed by atoms with Crippen LogP contribution in [0.15, 0.2) is 12.3 Å². The fourth-order valence-corrected chi connectivity index (χ4v) is 1.22. The van der Waals surface area contributed by atoms with E-state index in [1.54, 1.807) is 6.92 Å². The third-order valence-electron chi connectivity index (χ3n) is 1.94. The number of nitrogen functional groups attached to an aromatic ring is 1. The number of benzene rings is 1. The summed E-state index contributed by atoms with van der Waals surface area (Å²) in [6.07, 6.45) is 1.53. The first kappa shape index (κ1) is 7.09. The fourth-order valence-electron chi connectivity index (χ4n) is 1.22. The molecule has 0 amide bonds. The molecule has 2 rings (SSSR count). The average molecular weight is 165 g/mol. The van der Waals surface area contributed by atoms with Crippen molar-refractivity contribution >= 4 is 16.6 Å². The monoisotopic (exact) mass is 165 g/mol. The molecule has 0 saturated heterocycles. The third kappa shape index (κ3) is 0.777. The Kier molecular flexibility index (Phi) is 1.30. The summed E-state index contributed by atoms with van der Waals surface area (Å²) in [5.41, 5.74) is 7.40. The summed E-state index contributed by atoms with van der Waals surface area (Å²) in [5.74, 6) is -0.311. The first-order chi connectivity index (χ1) is 5.70. The van der Waals surface area contributed by atoms with Crippen molar-refractivity contribution in [2.45, 2.75) is 6.92 Å². The van der Waals surface area contributed by atoms with E-state index in [1.807, 2.05) is 0 Å². The quantitative estimate of drug-likeness (QED) is 0.582. The predicted octanol–water partition coefficient (Wildman–Crippen LogP) is 1.59. The molecule has 62 valence electrons. The van der Waals surface area contributed by atoms with Gasteiger partial charge in [-0.2, -0.15) is 5.10 Å². The Morgan fingerprint density at radius 2 is 2.33 bits per heavy atom. The largest absolute Gasteiger partial charge is 0.398 e. The second kappa shape index (κ2) is 2.20. The highest BCUT2D eigenvalue weighted by Gasteiger charge is 2.07.